The maximum atomic E-state index is 10.3. The third kappa shape index (κ3) is 3.73. The predicted octanol–water partition coefficient (Wildman–Crippen LogP) is -2.80. The van der Waals surface area contributed by atoms with Crippen molar-refractivity contribution in [1.82, 2.24) is 9.36 Å². The molecule has 0 amide bonds. The number of aromatic carboxylic acids is 1. The summed E-state index contributed by atoms with van der Waals surface area (Å²) in [7, 11) is 0. The van der Waals surface area contributed by atoms with Crippen molar-refractivity contribution in [2.75, 3.05) is 0 Å². The number of carbonyl (C=O) groups is 1. The summed E-state index contributed by atoms with van der Waals surface area (Å²) in [5.41, 5.74) is -0.204. The summed E-state index contributed by atoms with van der Waals surface area (Å²) in [4.78, 5) is 14.2. The van der Waals surface area contributed by atoms with Crippen LogP contribution in [0.15, 0.2) is 0 Å². The van der Waals surface area contributed by atoms with E-state index in [4.69, 9.17) is 0 Å². The molecule has 6 heteroatoms. The first-order valence-corrected chi connectivity index (χ1v) is 4.24. The van der Waals surface area contributed by atoms with Crippen molar-refractivity contribution in [3.8, 4) is 0 Å². The smallest absolute Gasteiger partial charge is 0.542 e. The van der Waals surface area contributed by atoms with Crippen molar-refractivity contribution in [3.63, 3.8) is 0 Å². The normalized spacial score (nSPS) is 10.7. The second kappa shape index (κ2) is 4.95. The van der Waals surface area contributed by atoms with Crippen LogP contribution in [-0.2, 0) is 5.41 Å². The van der Waals surface area contributed by atoms with E-state index in [-0.39, 0.29) is 61.8 Å². The molecule has 0 aliphatic carbocycles. The maximum absolute atomic E-state index is 10.3. The topological polar surface area (TPSA) is 65.9 Å². The molecule has 1 aromatic rings. The first kappa shape index (κ1) is 13.7. The van der Waals surface area contributed by atoms with Crippen molar-refractivity contribution in [3.05, 3.63) is 10.8 Å². The molecular formula is C7H9KN2O2S. The van der Waals surface area contributed by atoms with E-state index in [1.807, 2.05) is 20.8 Å². The molecule has 1 aromatic heterocycles. The quantitative estimate of drug-likeness (QED) is 0.483. The predicted molar refractivity (Wildman–Crippen MR) is 42.9 cm³/mol. The van der Waals surface area contributed by atoms with Crippen molar-refractivity contribution < 1.29 is 61.3 Å². The molecule has 4 nitrogen and oxygen atoms in total. The van der Waals surface area contributed by atoms with Gasteiger partial charge in [-0.2, -0.15) is 4.37 Å². The van der Waals surface area contributed by atoms with Crippen LogP contribution in [0.25, 0.3) is 0 Å². The van der Waals surface area contributed by atoms with E-state index in [0.29, 0.717) is 5.82 Å². The summed E-state index contributed by atoms with van der Waals surface area (Å²) in [5.74, 6) is -0.713. The summed E-state index contributed by atoms with van der Waals surface area (Å²) in [6.45, 7) is 5.77. The molecule has 1 heterocycles. The van der Waals surface area contributed by atoms with Crippen molar-refractivity contribution in [1.29, 1.82) is 0 Å². The van der Waals surface area contributed by atoms with Gasteiger partial charge < -0.3 is 9.90 Å². The first-order chi connectivity index (χ1) is 5.41. The molecule has 66 valence electrons. The summed E-state index contributed by atoms with van der Waals surface area (Å²) >= 11 is 0.861. The van der Waals surface area contributed by atoms with Crippen LogP contribution in [0.2, 0.25) is 0 Å². The third-order valence-electron chi connectivity index (χ3n) is 1.27. The molecule has 0 aliphatic rings. The van der Waals surface area contributed by atoms with E-state index in [1.54, 1.807) is 0 Å². The minimum absolute atomic E-state index is 0. The van der Waals surface area contributed by atoms with Gasteiger partial charge >= 0.3 is 51.4 Å². The molecule has 0 N–H and O–H groups in total. The molecule has 0 aromatic carbocycles. The van der Waals surface area contributed by atoms with Gasteiger partial charge in [0.05, 0.1) is 0 Å². The summed E-state index contributed by atoms with van der Waals surface area (Å²) < 4.78 is 3.92. The molecule has 0 radical (unpaired) electrons. The zero-order valence-corrected chi connectivity index (χ0v) is 12.1. The second-order valence-electron chi connectivity index (χ2n) is 3.46. The zero-order chi connectivity index (χ0) is 9.35. The molecule has 0 saturated carbocycles. The fourth-order valence-electron chi connectivity index (χ4n) is 0.611. The Bertz CT molecular complexity index is 306. The van der Waals surface area contributed by atoms with Crippen molar-refractivity contribution in [2.45, 2.75) is 26.2 Å². The van der Waals surface area contributed by atoms with Gasteiger partial charge in [0.1, 0.15) is 11.8 Å². The van der Waals surface area contributed by atoms with Crippen LogP contribution in [0.4, 0.5) is 0 Å². The number of hydrogen-bond acceptors (Lipinski definition) is 5. The van der Waals surface area contributed by atoms with E-state index < -0.39 is 5.97 Å². The zero-order valence-electron chi connectivity index (χ0n) is 8.12. The van der Waals surface area contributed by atoms with Gasteiger partial charge in [0, 0.05) is 5.41 Å². The average Bonchev–Trinajstić information content (AvgIpc) is 2.30. The number of rotatable bonds is 1. The monoisotopic (exact) mass is 224 g/mol. The van der Waals surface area contributed by atoms with Crippen LogP contribution in [0.3, 0.4) is 0 Å². The van der Waals surface area contributed by atoms with Gasteiger partial charge in [-0.25, -0.2) is 4.98 Å². The number of aromatic nitrogens is 2. The summed E-state index contributed by atoms with van der Waals surface area (Å²) in [6.07, 6.45) is 0. The van der Waals surface area contributed by atoms with Crippen molar-refractivity contribution in [2.24, 2.45) is 0 Å². The van der Waals surface area contributed by atoms with Crippen LogP contribution < -0.4 is 56.5 Å². The van der Waals surface area contributed by atoms with Gasteiger partial charge in [-0.05, 0) is 11.5 Å². The largest absolute Gasteiger partial charge is 1.00 e. The minimum atomic E-state index is -1.26. The molecule has 0 fully saturated rings. The van der Waals surface area contributed by atoms with Crippen LogP contribution in [0.5, 0.6) is 0 Å². The van der Waals surface area contributed by atoms with Gasteiger partial charge in [0.2, 0.25) is 0 Å². The fourth-order valence-corrected chi connectivity index (χ4v) is 1.30. The van der Waals surface area contributed by atoms with Gasteiger partial charge in [-0.1, -0.05) is 20.8 Å². The van der Waals surface area contributed by atoms with E-state index in [2.05, 4.69) is 9.36 Å². The van der Waals surface area contributed by atoms with E-state index in [0.717, 1.165) is 11.5 Å². The van der Waals surface area contributed by atoms with E-state index in [1.165, 1.54) is 0 Å². The molecular weight excluding hydrogens is 215 g/mol. The molecule has 13 heavy (non-hydrogen) atoms. The Morgan fingerprint density at radius 1 is 1.46 bits per heavy atom. The summed E-state index contributed by atoms with van der Waals surface area (Å²) in [5, 5.41) is 10.3. The van der Waals surface area contributed by atoms with Gasteiger partial charge in [0.25, 0.3) is 0 Å². The Morgan fingerprint density at radius 3 is 2.23 bits per heavy atom. The molecule has 0 spiro atoms. The molecule has 0 saturated heterocycles. The standard InChI is InChI=1S/C7H10N2O2S.K/c1-7(2,3)6-8-4(5(10)11)12-9-6;/h1-3H3,(H,10,11);/q;+1/p-1. The number of carbonyl (C=O) groups excluding carboxylic acids is 1. The van der Waals surface area contributed by atoms with Crippen molar-refractivity contribution >= 4 is 17.5 Å². The van der Waals surface area contributed by atoms with Gasteiger partial charge in [0.15, 0.2) is 5.01 Å². The Kier molecular flexibility index (Phi) is 5.20. The van der Waals surface area contributed by atoms with Crippen LogP contribution in [0.1, 0.15) is 36.4 Å². The number of carboxylic acids is 1. The van der Waals surface area contributed by atoms with Gasteiger partial charge in [-0.3, -0.25) is 0 Å². The molecule has 0 unspecified atom stereocenters. The van der Waals surface area contributed by atoms with Crippen LogP contribution in [0, 0.1) is 0 Å². The van der Waals surface area contributed by atoms with E-state index in [9.17, 15) is 9.90 Å². The van der Waals surface area contributed by atoms with Crippen LogP contribution in [-0.4, -0.2) is 15.3 Å². The van der Waals surface area contributed by atoms with E-state index >= 15 is 0 Å². The SMILES string of the molecule is CC(C)(C)c1nsc(C(=O)[O-])n1.[K+]. The summed E-state index contributed by atoms with van der Waals surface area (Å²) in [6, 6.07) is 0. The molecule has 0 aliphatic heterocycles. The second-order valence-corrected chi connectivity index (χ2v) is 4.21. The Balaban J connectivity index is 0.00000144. The number of carboxylic acid groups (broad SMARTS) is 1. The average molecular weight is 224 g/mol. The Hall–Kier alpha value is 0.666. The molecule has 0 bridgehead atoms. The number of hydrogen-bond donors (Lipinski definition) is 0. The van der Waals surface area contributed by atoms with Crippen LogP contribution >= 0.6 is 11.5 Å². The minimum Gasteiger partial charge on any atom is -0.542 e. The number of nitrogens with zero attached hydrogens (tertiary/aromatic N) is 2. The Labute approximate surface area is 123 Å². The Morgan fingerprint density at radius 2 is 2.00 bits per heavy atom. The fraction of sp³-hybridized carbons (Fsp3) is 0.571. The molecule has 0 atom stereocenters. The van der Waals surface area contributed by atoms with Gasteiger partial charge in [-0.15, -0.1) is 0 Å². The molecule has 1 rings (SSSR count). The first-order valence-electron chi connectivity index (χ1n) is 3.47. The third-order valence-corrected chi connectivity index (χ3v) is 1.97. The maximum Gasteiger partial charge on any atom is 1.00 e.